The molecule has 0 saturated carbocycles. The van der Waals surface area contributed by atoms with Crippen LogP contribution < -0.4 is 0 Å². The smallest absolute Gasteiger partial charge is 0.154 e. The molecule has 2 aromatic rings. The molecule has 0 bridgehead atoms. The lowest BCUT2D eigenvalue weighted by molar-refractivity contribution is 0.197. The van der Waals surface area contributed by atoms with Crippen LogP contribution in [0.3, 0.4) is 0 Å². The van der Waals surface area contributed by atoms with Crippen molar-refractivity contribution in [2.45, 2.75) is 12.6 Å². The van der Waals surface area contributed by atoms with Crippen LogP contribution in [-0.2, 0) is 6.54 Å². The third kappa shape index (κ3) is 2.72. The van der Waals surface area contributed by atoms with E-state index in [0.717, 1.165) is 6.54 Å². The summed E-state index contributed by atoms with van der Waals surface area (Å²) in [5, 5.41) is 14.9. The molecule has 18 heavy (non-hydrogen) atoms. The number of rotatable bonds is 5. The Kier molecular flexibility index (Phi) is 4.00. The monoisotopic (exact) mass is 269 g/mol. The van der Waals surface area contributed by atoms with Gasteiger partial charge in [-0.2, -0.15) is 5.10 Å². The van der Waals surface area contributed by atoms with Crippen molar-refractivity contribution in [3.05, 3.63) is 35.1 Å². The number of aliphatic hydroxyl groups is 1. The van der Waals surface area contributed by atoms with Crippen LogP contribution in [0, 0.1) is 0 Å². The highest BCUT2D eigenvalue weighted by Gasteiger charge is 2.21. The van der Waals surface area contributed by atoms with Gasteiger partial charge in [-0.1, -0.05) is 11.6 Å². The quantitative estimate of drug-likeness (QED) is 0.846. The Labute approximate surface area is 110 Å². The summed E-state index contributed by atoms with van der Waals surface area (Å²) in [6.07, 6.45) is 3.90. The Balaban J connectivity index is 2.23. The standard InChI is InChI=1S/C11H16ClN5O/c1-16(2)5-6-17-9(8(12)7-15-17)10(18)11-13-3-4-14-11/h3-4,7,10,18H,5-6H2,1-2H3,(H,13,14). The molecule has 2 rings (SSSR count). The minimum Gasteiger partial charge on any atom is -0.379 e. The van der Waals surface area contributed by atoms with Gasteiger partial charge in [0.15, 0.2) is 6.10 Å². The highest BCUT2D eigenvalue weighted by atomic mass is 35.5. The second-order valence-electron chi connectivity index (χ2n) is 4.28. The fraction of sp³-hybridized carbons (Fsp3) is 0.455. The molecule has 2 aromatic heterocycles. The Bertz CT molecular complexity index is 494. The SMILES string of the molecule is CN(C)CCn1ncc(Cl)c1C(O)c1ncc[nH]1. The van der Waals surface area contributed by atoms with E-state index in [1.807, 2.05) is 19.0 Å². The number of H-pyrrole nitrogens is 1. The highest BCUT2D eigenvalue weighted by Crippen LogP contribution is 2.26. The number of aliphatic hydroxyl groups excluding tert-OH is 1. The maximum atomic E-state index is 10.2. The van der Waals surface area contributed by atoms with E-state index in [1.165, 1.54) is 0 Å². The first-order valence-electron chi connectivity index (χ1n) is 5.63. The van der Waals surface area contributed by atoms with Crippen molar-refractivity contribution in [3.8, 4) is 0 Å². The van der Waals surface area contributed by atoms with E-state index in [1.54, 1.807) is 23.3 Å². The Hall–Kier alpha value is -1.37. The van der Waals surface area contributed by atoms with Gasteiger partial charge in [0.05, 0.1) is 23.5 Å². The molecule has 0 aliphatic carbocycles. The molecule has 0 fully saturated rings. The third-order valence-corrected chi connectivity index (χ3v) is 2.92. The number of nitrogens with one attached hydrogen (secondary N) is 1. The zero-order valence-electron chi connectivity index (χ0n) is 10.3. The number of aromatic amines is 1. The number of hydrogen-bond donors (Lipinski definition) is 2. The predicted molar refractivity (Wildman–Crippen MR) is 68.4 cm³/mol. The van der Waals surface area contributed by atoms with Gasteiger partial charge in [-0.15, -0.1) is 0 Å². The van der Waals surface area contributed by atoms with Crippen LogP contribution in [0.4, 0.5) is 0 Å². The topological polar surface area (TPSA) is 70.0 Å². The Morgan fingerprint density at radius 1 is 1.56 bits per heavy atom. The predicted octanol–water partition coefficient (Wildman–Crippen LogP) is 0.903. The molecule has 2 heterocycles. The maximum absolute atomic E-state index is 10.2. The second-order valence-corrected chi connectivity index (χ2v) is 4.69. The van der Waals surface area contributed by atoms with E-state index in [-0.39, 0.29) is 0 Å². The van der Waals surface area contributed by atoms with Crippen molar-refractivity contribution < 1.29 is 5.11 Å². The van der Waals surface area contributed by atoms with Gasteiger partial charge < -0.3 is 15.0 Å². The molecule has 98 valence electrons. The third-order valence-electron chi connectivity index (χ3n) is 2.63. The van der Waals surface area contributed by atoms with Crippen LogP contribution in [0.25, 0.3) is 0 Å². The lowest BCUT2D eigenvalue weighted by Crippen LogP contribution is -2.21. The first-order chi connectivity index (χ1) is 8.59. The van der Waals surface area contributed by atoms with Crippen molar-refractivity contribution in [2.24, 2.45) is 0 Å². The van der Waals surface area contributed by atoms with Gasteiger partial charge >= 0.3 is 0 Å². The van der Waals surface area contributed by atoms with Gasteiger partial charge in [0.2, 0.25) is 0 Å². The molecule has 0 aliphatic rings. The summed E-state index contributed by atoms with van der Waals surface area (Å²) in [6.45, 7) is 1.47. The van der Waals surface area contributed by atoms with Crippen LogP contribution >= 0.6 is 11.6 Å². The molecule has 0 amide bonds. The molecule has 2 N–H and O–H groups in total. The van der Waals surface area contributed by atoms with Crippen LogP contribution in [0.15, 0.2) is 18.6 Å². The van der Waals surface area contributed by atoms with Crippen molar-refractivity contribution >= 4 is 11.6 Å². The number of nitrogens with zero attached hydrogens (tertiary/aromatic N) is 4. The van der Waals surface area contributed by atoms with Gasteiger partial charge in [0.1, 0.15) is 5.82 Å². The zero-order chi connectivity index (χ0) is 13.1. The average molecular weight is 270 g/mol. The fourth-order valence-electron chi connectivity index (χ4n) is 1.67. The lowest BCUT2D eigenvalue weighted by atomic mass is 10.2. The van der Waals surface area contributed by atoms with Gasteiger partial charge in [-0.3, -0.25) is 4.68 Å². The average Bonchev–Trinajstić information content (AvgIpc) is 2.94. The van der Waals surface area contributed by atoms with Crippen molar-refractivity contribution in [1.29, 1.82) is 0 Å². The molecule has 0 aliphatic heterocycles. The maximum Gasteiger partial charge on any atom is 0.154 e. The van der Waals surface area contributed by atoms with E-state index in [0.29, 0.717) is 23.1 Å². The molecule has 0 spiro atoms. The number of aromatic nitrogens is 4. The van der Waals surface area contributed by atoms with Gasteiger partial charge in [-0.05, 0) is 14.1 Å². The van der Waals surface area contributed by atoms with Gasteiger partial charge in [-0.25, -0.2) is 4.98 Å². The van der Waals surface area contributed by atoms with Crippen molar-refractivity contribution in [2.75, 3.05) is 20.6 Å². The molecular formula is C11H16ClN5O. The summed E-state index contributed by atoms with van der Waals surface area (Å²) >= 11 is 6.07. The zero-order valence-corrected chi connectivity index (χ0v) is 11.1. The minimum absolute atomic E-state index is 0.442. The largest absolute Gasteiger partial charge is 0.379 e. The summed E-state index contributed by atoms with van der Waals surface area (Å²) in [7, 11) is 3.96. The molecular weight excluding hydrogens is 254 g/mol. The second kappa shape index (κ2) is 5.51. The Morgan fingerprint density at radius 2 is 2.33 bits per heavy atom. The molecule has 6 nitrogen and oxygen atoms in total. The van der Waals surface area contributed by atoms with E-state index < -0.39 is 6.10 Å². The summed E-state index contributed by atoms with van der Waals surface area (Å²) in [4.78, 5) is 8.95. The van der Waals surface area contributed by atoms with Crippen LogP contribution in [-0.4, -0.2) is 50.4 Å². The molecule has 7 heteroatoms. The lowest BCUT2D eigenvalue weighted by Gasteiger charge is -2.14. The summed E-state index contributed by atoms with van der Waals surface area (Å²) in [6, 6.07) is 0. The first kappa shape index (κ1) is 13.1. The van der Waals surface area contributed by atoms with E-state index in [2.05, 4.69) is 15.1 Å². The molecule has 0 radical (unpaired) electrons. The van der Waals surface area contributed by atoms with Crippen molar-refractivity contribution in [1.82, 2.24) is 24.6 Å². The van der Waals surface area contributed by atoms with E-state index in [4.69, 9.17) is 11.6 Å². The number of halogens is 1. The summed E-state index contributed by atoms with van der Waals surface area (Å²) < 4.78 is 1.70. The summed E-state index contributed by atoms with van der Waals surface area (Å²) in [5.41, 5.74) is 0.563. The first-order valence-corrected chi connectivity index (χ1v) is 6.00. The number of imidazole rings is 1. The van der Waals surface area contributed by atoms with E-state index in [9.17, 15) is 5.11 Å². The van der Waals surface area contributed by atoms with E-state index >= 15 is 0 Å². The number of likely N-dealkylation sites (N-methyl/N-ethyl adjacent to an activating group) is 1. The van der Waals surface area contributed by atoms with Crippen LogP contribution in [0.2, 0.25) is 5.02 Å². The summed E-state index contributed by atoms with van der Waals surface area (Å²) in [5.74, 6) is 0.462. The van der Waals surface area contributed by atoms with Gasteiger partial charge in [0.25, 0.3) is 0 Å². The molecule has 1 atom stereocenters. The van der Waals surface area contributed by atoms with Gasteiger partial charge in [0, 0.05) is 18.9 Å². The Morgan fingerprint density at radius 3 is 2.94 bits per heavy atom. The normalized spacial score (nSPS) is 13.2. The highest BCUT2D eigenvalue weighted by molar-refractivity contribution is 6.31. The number of hydrogen-bond acceptors (Lipinski definition) is 4. The molecule has 0 saturated heterocycles. The van der Waals surface area contributed by atoms with Crippen molar-refractivity contribution in [3.63, 3.8) is 0 Å². The van der Waals surface area contributed by atoms with Crippen LogP contribution in [0.1, 0.15) is 17.6 Å². The minimum atomic E-state index is -0.892. The fourth-order valence-corrected chi connectivity index (χ4v) is 1.92. The molecule has 0 aromatic carbocycles. The van der Waals surface area contributed by atoms with Crippen LogP contribution in [0.5, 0.6) is 0 Å². The molecule has 1 unspecified atom stereocenters.